The number of benzene rings is 1. The van der Waals surface area contributed by atoms with Crippen LogP contribution >= 0.6 is 15.9 Å². The summed E-state index contributed by atoms with van der Waals surface area (Å²) in [6.45, 7) is 5.92. The Kier molecular flexibility index (Phi) is 4.87. The first-order valence-electron chi connectivity index (χ1n) is 7.07. The first-order chi connectivity index (χ1) is 10.1. The summed E-state index contributed by atoms with van der Waals surface area (Å²) >= 11 is 3.28. The Labute approximate surface area is 139 Å². The molecule has 1 atom stereocenters. The lowest BCUT2D eigenvalue weighted by molar-refractivity contribution is 0.0295. The second-order valence-corrected chi connectivity index (χ2v) is 9.36. The quantitative estimate of drug-likeness (QED) is 0.778. The molecule has 7 heteroatoms. The zero-order chi connectivity index (χ0) is 16.5. The van der Waals surface area contributed by atoms with Crippen LogP contribution in [-0.2, 0) is 14.6 Å². The smallest absolute Gasteiger partial charge is 0.410 e. The van der Waals surface area contributed by atoms with Gasteiger partial charge in [-0.1, -0.05) is 12.1 Å². The zero-order valence-electron chi connectivity index (χ0n) is 12.9. The van der Waals surface area contributed by atoms with E-state index in [9.17, 15) is 13.2 Å². The highest BCUT2D eigenvalue weighted by atomic mass is 79.9. The number of carbonyl (C=O) groups excluding carboxylic acids is 1. The maximum Gasteiger partial charge on any atom is 0.410 e. The lowest BCUT2D eigenvalue weighted by Crippen LogP contribution is -2.36. The molecule has 1 amide bonds. The summed E-state index contributed by atoms with van der Waals surface area (Å²) in [5.41, 5.74) is -0.587. The number of hydrogen-bond acceptors (Lipinski definition) is 4. The number of likely N-dealkylation sites (tertiary alicyclic amines) is 1. The summed E-state index contributed by atoms with van der Waals surface area (Å²) < 4.78 is 31.2. The van der Waals surface area contributed by atoms with Crippen molar-refractivity contribution in [1.29, 1.82) is 0 Å². The third-order valence-corrected chi connectivity index (χ3v) is 6.56. The summed E-state index contributed by atoms with van der Waals surface area (Å²) in [5, 5.41) is -0.598. The van der Waals surface area contributed by atoms with Crippen molar-refractivity contribution < 1.29 is 17.9 Å². The Morgan fingerprint density at radius 3 is 2.55 bits per heavy atom. The van der Waals surface area contributed by atoms with Crippen molar-refractivity contribution >= 4 is 31.9 Å². The lowest BCUT2D eigenvalue weighted by Gasteiger charge is -2.24. The second-order valence-electron chi connectivity index (χ2n) is 6.31. The maximum atomic E-state index is 12.7. The molecule has 122 valence electrons. The fourth-order valence-corrected chi connectivity index (χ4v) is 5.05. The number of halogens is 1. The van der Waals surface area contributed by atoms with Gasteiger partial charge in [-0.05, 0) is 55.3 Å². The van der Waals surface area contributed by atoms with Crippen molar-refractivity contribution in [2.45, 2.75) is 42.9 Å². The molecule has 0 aromatic heterocycles. The van der Waals surface area contributed by atoms with Crippen molar-refractivity contribution in [2.75, 3.05) is 13.1 Å². The van der Waals surface area contributed by atoms with Gasteiger partial charge in [0.05, 0.1) is 10.1 Å². The summed E-state index contributed by atoms with van der Waals surface area (Å²) in [6.07, 6.45) is -0.0413. The first-order valence-corrected chi connectivity index (χ1v) is 9.41. The van der Waals surface area contributed by atoms with Gasteiger partial charge in [0, 0.05) is 17.6 Å². The van der Waals surface area contributed by atoms with E-state index in [2.05, 4.69) is 15.9 Å². The Morgan fingerprint density at radius 1 is 1.32 bits per heavy atom. The highest BCUT2D eigenvalue weighted by molar-refractivity contribution is 9.10. The van der Waals surface area contributed by atoms with Gasteiger partial charge in [0.15, 0.2) is 9.84 Å². The SMILES string of the molecule is CC(C)(C)OC(=O)N1CCC(S(=O)(=O)c2ccccc2Br)C1. The van der Waals surface area contributed by atoms with Crippen molar-refractivity contribution in [3.05, 3.63) is 28.7 Å². The minimum absolute atomic E-state index is 0.165. The van der Waals surface area contributed by atoms with Crippen molar-refractivity contribution in [2.24, 2.45) is 0 Å². The molecular formula is C15H20BrNO4S. The van der Waals surface area contributed by atoms with Crippen LogP contribution in [0.3, 0.4) is 0 Å². The van der Waals surface area contributed by atoms with Gasteiger partial charge in [-0.3, -0.25) is 0 Å². The Morgan fingerprint density at radius 2 is 1.95 bits per heavy atom. The largest absolute Gasteiger partial charge is 0.444 e. The summed E-state index contributed by atoms with van der Waals surface area (Å²) in [6, 6.07) is 6.74. The van der Waals surface area contributed by atoms with E-state index in [1.54, 1.807) is 45.0 Å². The lowest BCUT2D eigenvalue weighted by atomic mass is 10.2. The molecule has 5 nitrogen and oxygen atoms in total. The molecule has 0 saturated carbocycles. The molecule has 1 aromatic rings. The number of carbonyl (C=O) groups is 1. The van der Waals surface area contributed by atoms with Gasteiger partial charge >= 0.3 is 6.09 Å². The number of rotatable bonds is 2. The van der Waals surface area contributed by atoms with Gasteiger partial charge in [0.2, 0.25) is 0 Å². The predicted molar refractivity (Wildman–Crippen MR) is 87.5 cm³/mol. The molecule has 1 unspecified atom stereocenters. The first kappa shape index (κ1) is 17.3. The molecule has 2 rings (SSSR count). The second kappa shape index (κ2) is 6.20. The van der Waals surface area contributed by atoms with Crippen LogP contribution < -0.4 is 0 Å². The highest BCUT2D eigenvalue weighted by Crippen LogP contribution is 2.29. The summed E-state index contributed by atoms with van der Waals surface area (Å²) in [4.78, 5) is 13.8. The minimum Gasteiger partial charge on any atom is -0.444 e. The van der Waals surface area contributed by atoms with E-state index in [-0.39, 0.29) is 11.4 Å². The number of amides is 1. The monoisotopic (exact) mass is 389 g/mol. The van der Waals surface area contributed by atoms with Crippen LogP contribution in [0.2, 0.25) is 0 Å². The molecule has 1 heterocycles. The van der Waals surface area contributed by atoms with E-state index in [0.717, 1.165) is 0 Å². The van der Waals surface area contributed by atoms with Crippen LogP contribution in [0.5, 0.6) is 0 Å². The minimum atomic E-state index is -3.48. The van der Waals surface area contributed by atoms with Crippen LogP contribution in [0, 0.1) is 0 Å². The molecule has 0 radical (unpaired) electrons. The van der Waals surface area contributed by atoms with Crippen LogP contribution in [0.15, 0.2) is 33.6 Å². The van der Waals surface area contributed by atoms with Crippen LogP contribution in [0.1, 0.15) is 27.2 Å². The Bertz CT molecular complexity index is 666. The number of ether oxygens (including phenoxy) is 1. The van der Waals surface area contributed by atoms with E-state index >= 15 is 0 Å². The molecule has 0 N–H and O–H groups in total. The molecule has 0 spiro atoms. The van der Waals surface area contributed by atoms with Gasteiger partial charge in [-0.2, -0.15) is 0 Å². The molecule has 1 aliphatic rings. The van der Waals surface area contributed by atoms with Gasteiger partial charge in [0.25, 0.3) is 0 Å². The van der Waals surface area contributed by atoms with Gasteiger partial charge < -0.3 is 9.64 Å². The normalized spacial score (nSPS) is 19.3. The van der Waals surface area contributed by atoms with E-state index in [0.29, 0.717) is 17.4 Å². The number of sulfone groups is 1. The molecule has 0 bridgehead atoms. The molecule has 22 heavy (non-hydrogen) atoms. The highest BCUT2D eigenvalue weighted by Gasteiger charge is 2.38. The van der Waals surface area contributed by atoms with Gasteiger partial charge in [-0.25, -0.2) is 13.2 Å². The van der Waals surface area contributed by atoms with E-state index in [1.165, 1.54) is 4.90 Å². The van der Waals surface area contributed by atoms with E-state index in [1.807, 2.05) is 0 Å². The van der Waals surface area contributed by atoms with Crippen molar-refractivity contribution in [3.63, 3.8) is 0 Å². The average molecular weight is 390 g/mol. The number of hydrogen-bond donors (Lipinski definition) is 0. The molecule has 1 aromatic carbocycles. The fourth-order valence-electron chi connectivity index (χ4n) is 2.33. The Balaban J connectivity index is 2.13. The fraction of sp³-hybridized carbons (Fsp3) is 0.533. The van der Waals surface area contributed by atoms with Crippen LogP contribution in [0.25, 0.3) is 0 Å². The third-order valence-electron chi connectivity index (χ3n) is 3.38. The zero-order valence-corrected chi connectivity index (χ0v) is 15.3. The summed E-state index contributed by atoms with van der Waals surface area (Å²) in [5.74, 6) is 0. The van der Waals surface area contributed by atoms with E-state index < -0.39 is 26.8 Å². The average Bonchev–Trinajstić information content (AvgIpc) is 2.87. The third kappa shape index (κ3) is 3.81. The van der Waals surface area contributed by atoms with Gasteiger partial charge in [0.1, 0.15) is 5.60 Å². The molecule has 1 saturated heterocycles. The molecule has 0 aliphatic carbocycles. The summed E-state index contributed by atoms with van der Waals surface area (Å²) in [7, 11) is -3.48. The topological polar surface area (TPSA) is 63.7 Å². The van der Waals surface area contributed by atoms with Crippen molar-refractivity contribution in [3.8, 4) is 0 Å². The predicted octanol–water partition coefficient (Wildman–Crippen LogP) is 3.23. The van der Waals surface area contributed by atoms with Crippen LogP contribution in [0.4, 0.5) is 4.79 Å². The number of nitrogens with zero attached hydrogens (tertiary/aromatic N) is 1. The van der Waals surface area contributed by atoms with E-state index in [4.69, 9.17) is 4.74 Å². The van der Waals surface area contributed by atoms with Crippen LogP contribution in [-0.4, -0.2) is 43.4 Å². The standard InChI is InChI=1S/C15H20BrNO4S/c1-15(2,3)21-14(18)17-9-8-11(10-17)22(19,20)13-7-5-4-6-12(13)16/h4-7,11H,8-10H2,1-3H3. The van der Waals surface area contributed by atoms with Crippen molar-refractivity contribution in [1.82, 2.24) is 4.90 Å². The Hall–Kier alpha value is -1.08. The maximum absolute atomic E-state index is 12.7. The molecule has 1 fully saturated rings. The van der Waals surface area contributed by atoms with Gasteiger partial charge in [-0.15, -0.1) is 0 Å². The molecular weight excluding hydrogens is 370 g/mol. The molecule has 1 aliphatic heterocycles.